The molecule has 1 N–H and O–H groups in total. The largest absolute Gasteiger partial charge is 0.468 e. The number of carbonyl (C=O) groups excluding carboxylic acids is 1. The molecule has 0 radical (unpaired) electrons. The van der Waals surface area contributed by atoms with Crippen molar-refractivity contribution in [1.29, 1.82) is 5.26 Å². The molecule has 1 heterocycles. The first-order valence-electron chi connectivity index (χ1n) is 7.15. The number of aryl methyl sites for hydroxylation is 1. The number of rotatable bonds is 7. The molecule has 0 aliphatic heterocycles. The monoisotopic (exact) mass is 297 g/mol. The Morgan fingerprint density at radius 2 is 2.23 bits per heavy atom. The van der Waals surface area contributed by atoms with Crippen LogP contribution in [0.15, 0.2) is 47.1 Å². The molecule has 1 amide bonds. The lowest BCUT2D eigenvalue weighted by atomic mass is 10.2. The number of amides is 1. The molecule has 0 fully saturated rings. The number of carbonyl (C=O) groups is 1. The molecule has 0 spiro atoms. The van der Waals surface area contributed by atoms with Crippen molar-refractivity contribution in [3.05, 3.63) is 54.0 Å². The molecule has 0 unspecified atom stereocenters. The second kappa shape index (κ2) is 8.01. The third-order valence-corrected chi connectivity index (χ3v) is 3.17. The number of nitrogens with zero attached hydrogens (tertiary/aromatic N) is 2. The molecule has 1 aromatic heterocycles. The Morgan fingerprint density at radius 1 is 1.36 bits per heavy atom. The zero-order valence-corrected chi connectivity index (χ0v) is 12.6. The molecule has 0 aliphatic carbocycles. The summed E-state index contributed by atoms with van der Waals surface area (Å²) in [5.41, 5.74) is 1.87. The van der Waals surface area contributed by atoms with Gasteiger partial charge < -0.3 is 9.73 Å². The predicted octanol–water partition coefficient (Wildman–Crippen LogP) is 2.94. The van der Waals surface area contributed by atoms with E-state index in [1.165, 1.54) is 0 Å². The van der Waals surface area contributed by atoms with E-state index in [-0.39, 0.29) is 12.5 Å². The second-order valence-electron chi connectivity index (χ2n) is 5.12. The third-order valence-electron chi connectivity index (χ3n) is 3.17. The highest BCUT2D eigenvalue weighted by Gasteiger charge is 2.12. The smallest absolute Gasteiger partial charge is 0.238 e. The SMILES string of the molecule is Cc1cccc(NC(=O)CN(CCC#N)Cc2ccco2)c1. The number of anilines is 1. The molecule has 2 rings (SSSR count). The molecule has 5 nitrogen and oxygen atoms in total. The minimum Gasteiger partial charge on any atom is -0.468 e. The average Bonchev–Trinajstić information content (AvgIpc) is 2.97. The first kappa shape index (κ1) is 15.8. The van der Waals surface area contributed by atoms with Gasteiger partial charge in [-0.3, -0.25) is 9.69 Å². The number of hydrogen-bond acceptors (Lipinski definition) is 4. The fraction of sp³-hybridized carbons (Fsp3) is 0.294. The molecule has 114 valence electrons. The van der Waals surface area contributed by atoms with Gasteiger partial charge in [0.05, 0.1) is 25.4 Å². The Labute approximate surface area is 130 Å². The van der Waals surface area contributed by atoms with Crippen LogP contribution >= 0.6 is 0 Å². The number of nitriles is 1. The first-order valence-corrected chi connectivity index (χ1v) is 7.15. The van der Waals surface area contributed by atoms with E-state index < -0.39 is 0 Å². The summed E-state index contributed by atoms with van der Waals surface area (Å²) < 4.78 is 5.30. The third kappa shape index (κ3) is 5.08. The van der Waals surface area contributed by atoms with Crippen molar-refractivity contribution in [2.24, 2.45) is 0 Å². The van der Waals surface area contributed by atoms with Gasteiger partial charge in [-0.2, -0.15) is 5.26 Å². The lowest BCUT2D eigenvalue weighted by Gasteiger charge is -2.19. The summed E-state index contributed by atoms with van der Waals surface area (Å²) in [6.45, 7) is 3.23. The fourth-order valence-corrected chi connectivity index (χ4v) is 2.17. The Morgan fingerprint density at radius 3 is 2.91 bits per heavy atom. The van der Waals surface area contributed by atoms with Gasteiger partial charge in [0.15, 0.2) is 0 Å². The van der Waals surface area contributed by atoms with Gasteiger partial charge in [-0.1, -0.05) is 12.1 Å². The summed E-state index contributed by atoms with van der Waals surface area (Å²) in [5.74, 6) is 0.677. The Balaban J connectivity index is 1.93. The van der Waals surface area contributed by atoms with E-state index in [0.29, 0.717) is 19.5 Å². The van der Waals surface area contributed by atoms with Gasteiger partial charge in [-0.25, -0.2) is 0 Å². The molecule has 22 heavy (non-hydrogen) atoms. The lowest BCUT2D eigenvalue weighted by Crippen LogP contribution is -2.33. The lowest BCUT2D eigenvalue weighted by molar-refractivity contribution is -0.117. The van der Waals surface area contributed by atoms with Crippen molar-refractivity contribution in [3.8, 4) is 6.07 Å². The number of hydrogen-bond donors (Lipinski definition) is 1. The molecule has 2 aromatic rings. The van der Waals surface area contributed by atoms with Gasteiger partial charge in [-0.15, -0.1) is 0 Å². The van der Waals surface area contributed by atoms with Crippen LogP contribution in [0.3, 0.4) is 0 Å². The molecule has 0 aliphatic rings. The minimum absolute atomic E-state index is 0.102. The number of benzene rings is 1. The number of furan rings is 1. The zero-order valence-electron chi connectivity index (χ0n) is 12.6. The Bertz CT molecular complexity index is 644. The van der Waals surface area contributed by atoms with Gasteiger partial charge in [0, 0.05) is 18.7 Å². The Hall–Kier alpha value is -2.58. The van der Waals surface area contributed by atoms with Crippen molar-refractivity contribution in [2.45, 2.75) is 19.9 Å². The van der Waals surface area contributed by atoms with Crippen molar-refractivity contribution >= 4 is 11.6 Å². The van der Waals surface area contributed by atoms with Crippen LogP contribution in [0.1, 0.15) is 17.7 Å². The predicted molar refractivity (Wildman–Crippen MR) is 84.0 cm³/mol. The molecule has 0 bridgehead atoms. The van der Waals surface area contributed by atoms with Gasteiger partial charge in [0.1, 0.15) is 5.76 Å². The summed E-state index contributed by atoms with van der Waals surface area (Å²) >= 11 is 0. The van der Waals surface area contributed by atoms with E-state index in [0.717, 1.165) is 17.0 Å². The number of nitrogens with one attached hydrogen (secondary N) is 1. The maximum absolute atomic E-state index is 12.2. The van der Waals surface area contributed by atoms with Crippen molar-refractivity contribution in [2.75, 3.05) is 18.4 Å². The second-order valence-corrected chi connectivity index (χ2v) is 5.12. The maximum Gasteiger partial charge on any atom is 0.238 e. The summed E-state index contributed by atoms with van der Waals surface area (Å²) in [6.07, 6.45) is 1.98. The maximum atomic E-state index is 12.2. The van der Waals surface area contributed by atoms with Crippen LogP contribution in [-0.2, 0) is 11.3 Å². The van der Waals surface area contributed by atoms with E-state index in [9.17, 15) is 4.79 Å². The summed E-state index contributed by atoms with van der Waals surface area (Å²) in [4.78, 5) is 14.1. The molecule has 0 saturated carbocycles. The molecule has 0 atom stereocenters. The molecule has 1 aromatic carbocycles. The fourth-order valence-electron chi connectivity index (χ4n) is 2.17. The standard InChI is InChI=1S/C17H19N3O2/c1-14-5-2-6-15(11-14)19-17(21)13-20(9-4-8-18)12-16-7-3-10-22-16/h2-3,5-7,10-11H,4,9,12-13H2,1H3,(H,19,21). The van der Waals surface area contributed by atoms with Crippen LogP contribution in [0.4, 0.5) is 5.69 Å². The van der Waals surface area contributed by atoms with E-state index >= 15 is 0 Å². The van der Waals surface area contributed by atoms with Crippen LogP contribution < -0.4 is 5.32 Å². The van der Waals surface area contributed by atoms with E-state index in [4.69, 9.17) is 9.68 Å². The van der Waals surface area contributed by atoms with Crippen molar-refractivity contribution in [3.63, 3.8) is 0 Å². The van der Waals surface area contributed by atoms with Crippen molar-refractivity contribution in [1.82, 2.24) is 4.90 Å². The highest BCUT2D eigenvalue weighted by molar-refractivity contribution is 5.92. The van der Waals surface area contributed by atoms with Crippen LogP contribution in [0.25, 0.3) is 0 Å². The summed E-state index contributed by atoms with van der Waals surface area (Å²) in [6, 6.07) is 13.4. The molecule has 0 saturated heterocycles. The Kier molecular flexibility index (Phi) is 5.75. The van der Waals surface area contributed by atoms with Crippen LogP contribution in [0.5, 0.6) is 0 Å². The van der Waals surface area contributed by atoms with Crippen LogP contribution in [-0.4, -0.2) is 23.9 Å². The average molecular weight is 297 g/mol. The highest BCUT2D eigenvalue weighted by atomic mass is 16.3. The van der Waals surface area contributed by atoms with E-state index in [1.54, 1.807) is 6.26 Å². The van der Waals surface area contributed by atoms with Crippen LogP contribution in [0.2, 0.25) is 0 Å². The first-order chi connectivity index (χ1) is 10.7. The zero-order chi connectivity index (χ0) is 15.8. The van der Waals surface area contributed by atoms with E-state index in [2.05, 4.69) is 11.4 Å². The minimum atomic E-state index is -0.102. The summed E-state index contributed by atoms with van der Waals surface area (Å²) in [7, 11) is 0. The van der Waals surface area contributed by atoms with Crippen LogP contribution in [0, 0.1) is 18.3 Å². The van der Waals surface area contributed by atoms with Gasteiger partial charge >= 0.3 is 0 Å². The highest BCUT2D eigenvalue weighted by Crippen LogP contribution is 2.10. The topological polar surface area (TPSA) is 69.3 Å². The normalized spacial score (nSPS) is 10.4. The quantitative estimate of drug-likeness (QED) is 0.853. The summed E-state index contributed by atoms with van der Waals surface area (Å²) in [5, 5.41) is 11.6. The van der Waals surface area contributed by atoms with Gasteiger partial charge in [0.2, 0.25) is 5.91 Å². The van der Waals surface area contributed by atoms with Gasteiger partial charge in [0.25, 0.3) is 0 Å². The molecular weight excluding hydrogens is 278 g/mol. The van der Waals surface area contributed by atoms with Crippen molar-refractivity contribution < 1.29 is 9.21 Å². The molecular formula is C17H19N3O2. The molecule has 5 heteroatoms. The van der Waals surface area contributed by atoms with E-state index in [1.807, 2.05) is 48.2 Å². The van der Waals surface area contributed by atoms with Gasteiger partial charge in [-0.05, 0) is 36.8 Å².